The molecule has 25 heavy (non-hydrogen) atoms. The normalized spacial score (nSPS) is 16.6. The van der Waals surface area contributed by atoms with E-state index in [0.717, 1.165) is 25.1 Å². The number of nitrogens with zero attached hydrogens (tertiary/aromatic N) is 1. The molecule has 2 rings (SSSR count). The number of β-amino-alcohol motifs (C(OH)–C–C–N with tert-alkyl or cyclic N) is 1. The van der Waals surface area contributed by atoms with Crippen LogP contribution in [-0.2, 0) is 16.1 Å². The summed E-state index contributed by atoms with van der Waals surface area (Å²) in [6.45, 7) is 8.49. The van der Waals surface area contributed by atoms with Gasteiger partial charge in [0.15, 0.2) is 5.78 Å². The minimum atomic E-state index is -0.574. The number of carbonyl (C=O) groups is 1. The lowest BCUT2D eigenvalue weighted by Crippen LogP contribution is -2.42. The van der Waals surface area contributed by atoms with Crippen LogP contribution in [0.5, 0.6) is 5.75 Å². The van der Waals surface area contributed by atoms with Gasteiger partial charge in [-0.1, -0.05) is 6.92 Å². The van der Waals surface area contributed by atoms with Crippen LogP contribution in [0.25, 0.3) is 0 Å². The number of Topliss-reactive ketones (excluding diaryl/α,β-unsaturated/α-hetero) is 1. The lowest BCUT2D eigenvalue weighted by atomic mass is 10.1. The summed E-state index contributed by atoms with van der Waals surface area (Å²) >= 11 is 0. The molecule has 140 valence electrons. The Labute approximate surface area is 149 Å². The maximum Gasteiger partial charge on any atom is 0.159 e. The molecule has 1 N–H and O–H groups in total. The van der Waals surface area contributed by atoms with E-state index in [1.807, 2.05) is 13.0 Å². The molecule has 0 spiro atoms. The van der Waals surface area contributed by atoms with Crippen LogP contribution in [0.4, 0.5) is 0 Å². The molecule has 6 heteroatoms. The van der Waals surface area contributed by atoms with Gasteiger partial charge < -0.3 is 19.3 Å². The number of ether oxygens (including phenoxy) is 3. The molecule has 0 aliphatic carbocycles. The van der Waals surface area contributed by atoms with Crippen LogP contribution in [0.2, 0.25) is 0 Å². The molecule has 0 aromatic heterocycles. The number of ketones is 1. The maximum atomic E-state index is 11.6. The fourth-order valence-corrected chi connectivity index (χ4v) is 2.70. The third kappa shape index (κ3) is 6.74. The maximum absolute atomic E-state index is 11.6. The summed E-state index contributed by atoms with van der Waals surface area (Å²) in [5.41, 5.74) is 1.47. The van der Waals surface area contributed by atoms with Crippen LogP contribution in [-0.4, -0.2) is 68.0 Å². The van der Waals surface area contributed by atoms with Gasteiger partial charge >= 0.3 is 0 Å². The highest BCUT2D eigenvalue weighted by Crippen LogP contribution is 2.22. The highest BCUT2D eigenvalue weighted by molar-refractivity contribution is 5.94. The summed E-state index contributed by atoms with van der Waals surface area (Å²) in [5.74, 6) is 0.665. The zero-order chi connectivity index (χ0) is 18.1. The molecule has 6 nitrogen and oxygen atoms in total. The van der Waals surface area contributed by atoms with Gasteiger partial charge in [0.2, 0.25) is 0 Å². The van der Waals surface area contributed by atoms with Gasteiger partial charge in [-0.2, -0.15) is 0 Å². The van der Waals surface area contributed by atoms with E-state index < -0.39 is 6.10 Å². The van der Waals surface area contributed by atoms with E-state index in [4.69, 9.17) is 14.2 Å². The standard InChI is InChI=1S/C19H29NO5/c1-3-8-24-13-17-11-16(15(2)21)4-5-19(17)25-14-18(22)12-20-6-9-23-10-7-20/h4-5,11,18,22H,3,6-10,12-14H2,1-2H3. The average Bonchev–Trinajstić information content (AvgIpc) is 2.61. The molecule has 1 aromatic rings. The van der Waals surface area contributed by atoms with E-state index in [9.17, 15) is 9.90 Å². The lowest BCUT2D eigenvalue weighted by molar-refractivity contribution is 0.00435. The zero-order valence-electron chi connectivity index (χ0n) is 15.2. The molecule has 1 aliphatic heterocycles. The predicted molar refractivity (Wildman–Crippen MR) is 95.2 cm³/mol. The molecule has 0 radical (unpaired) electrons. The first-order valence-corrected chi connectivity index (χ1v) is 8.92. The second kappa shape index (κ2) is 10.5. The fraction of sp³-hybridized carbons (Fsp3) is 0.632. The molecule has 1 aromatic carbocycles. The summed E-state index contributed by atoms with van der Waals surface area (Å²) in [7, 11) is 0. The van der Waals surface area contributed by atoms with Crippen molar-refractivity contribution in [2.45, 2.75) is 33.0 Å². The van der Waals surface area contributed by atoms with Crippen molar-refractivity contribution in [3.63, 3.8) is 0 Å². The number of hydrogen-bond acceptors (Lipinski definition) is 6. The van der Waals surface area contributed by atoms with Crippen LogP contribution in [0, 0.1) is 0 Å². The Morgan fingerprint density at radius 1 is 1.36 bits per heavy atom. The third-order valence-corrected chi connectivity index (χ3v) is 4.08. The molecule has 1 heterocycles. The van der Waals surface area contributed by atoms with E-state index in [0.29, 0.717) is 44.3 Å². The Hall–Kier alpha value is -1.47. The van der Waals surface area contributed by atoms with E-state index in [2.05, 4.69) is 4.90 Å². The van der Waals surface area contributed by atoms with Crippen LogP contribution < -0.4 is 4.74 Å². The Morgan fingerprint density at radius 3 is 2.80 bits per heavy atom. The molecule has 1 unspecified atom stereocenters. The number of morpholine rings is 1. The fourth-order valence-electron chi connectivity index (χ4n) is 2.70. The highest BCUT2D eigenvalue weighted by atomic mass is 16.5. The quantitative estimate of drug-likeness (QED) is 0.513. The smallest absolute Gasteiger partial charge is 0.159 e. The van der Waals surface area contributed by atoms with Gasteiger partial charge in [0.05, 0.1) is 19.8 Å². The SMILES string of the molecule is CCCOCc1cc(C(C)=O)ccc1OCC(O)CN1CCOCC1. The summed E-state index contributed by atoms with van der Waals surface area (Å²) in [6, 6.07) is 5.33. The molecule has 1 aliphatic rings. The van der Waals surface area contributed by atoms with Crippen molar-refractivity contribution in [1.29, 1.82) is 0 Å². The molecule has 0 bridgehead atoms. The lowest BCUT2D eigenvalue weighted by Gasteiger charge is -2.28. The molecular weight excluding hydrogens is 322 g/mol. The largest absolute Gasteiger partial charge is 0.490 e. The highest BCUT2D eigenvalue weighted by Gasteiger charge is 2.16. The topological polar surface area (TPSA) is 68.2 Å². The Kier molecular flexibility index (Phi) is 8.34. The first kappa shape index (κ1) is 19.8. The van der Waals surface area contributed by atoms with Crippen molar-refractivity contribution in [2.24, 2.45) is 0 Å². The molecule has 1 saturated heterocycles. The number of rotatable bonds is 10. The summed E-state index contributed by atoms with van der Waals surface area (Å²) in [4.78, 5) is 13.8. The Morgan fingerprint density at radius 2 is 2.12 bits per heavy atom. The minimum absolute atomic E-state index is 0.00986. The van der Waals surface area contributed by atoms with Crippen molar-refractivity contribution in [3.8, 4) is 5.75 Å². The van der Waals surface area contributed by atoms with Gasteiger partial charge in [0.1, 0.15) is 18.5 Å². The van der Waals surface area contributed by atoms with E-state index in [-0.39, 0.29) is 12.4 Å². The second-order valence-electron chi connectivity index (χ2n) is 6.31. The Bertz CT molecular complexity index is 543. The van der Waals surface area contributed by atoms with E-state index >= 15 is 0 Å². The van der Waals surface area contributed by atoms with Gasteiger partial charge in [-0.25, -0.2) is 0 Å². The average molecular weight is 351 g/mol. The molecule has 1 atom stereocenters. The van der Waals surface area contributed by atoms with Crippen LogP contribution in [0.1, 0.15) is 36.2 Å². The molecule has 0 amide bonds. The van der Waals surface area contributed by atoms with Gasteiger partial charge in [0.25, 0.3) is 0 Å². The molecule has 0 saturated carbocycles. The van der Waals surface area contributed by atoms with Crippen LogP contribution in [0.3, 0.4) is 0 Å². The zero-order valence-corrected chi connectivity index (χ0v) is 15.2. The predicted octanol–water partition coefficient (Wildman–Crippen LogP) is 1.89. The minimum Gasteiger partial charge on any atom is -0.490 e. The molecular formula is C19H29NO5. The van der Waals surface area contributed by atoms with E-state index in [1.165, 1.54) is 0 Å². The van der Waals surface area contributed by atoms with Crippen molar-refractivity contribution >= 4 is 5.78 Å². The Balaban J connectivity index is 1.92. The number of hydrogen-bond donors (Lipinski definition) is 1. The van der Waals surface area contributed by atoms with Crippen molar-refractivity contribution in [1.82, 2.24) is 4.90 Å². The summed E-state index contributed by atoms with van der Waals surface area (Å²) in [5, 5.41) is 10.2. The van der Waals surface area contributed by atoms with Crippen molar-refractivity contribution in [2.75, 3.05) is 46.1 Å². The van der Waals surface area contributed by atoms with Gasteiger partial charge in [-0.05, 0) is 31.5 Å². The van der Waals surface area contributed by atoms with Crippen LogP contribution in [0.15, 0.2) is 18.2 Å². The van der Waals surface area contributed by atoms with Gasteiger partial charge in [-0.3, -0.25) is 9.69 Å². The summed E-state index contributed by atoms with van der Waals surface area (Å²) < 4.78 is 16.7. The van der Waals surface area contributed by atoms with E-state index in [1.54, 1.807) is 19.1 Å². The monoisotopic (exact) mass is 351 g/mol. The molecule has 1 fully saturated rings. The first-order valence-electron chi connectivity index (χ1n) is 8.92. The van der Waals surface area contributed by atoms with Crippen molar-refractivity contribution < 1.29 is 24.1 Å². The van der Waals surface area contributed by atoms with Crippen LogP contribution >= 0.6 is 0 Å². The van der Waals surface area contributed by atoms with Crippen molar-refractivity contribution in [3.05, 3.63) is 29.3 Å². The number of carbonyl (C=O) groups excluding carboxylic acids is 1. The second-order valence-corrected chi connectivity index (χ2v) is 6.31. The third-order valence-electron chi connectivity index (χ3n) is 4.08. The van der Waals surface area contributed by atoms with Gasteiger partial charge in [0, 0.05) is 37.4 Å². The number of benzene rings is 1. The number of aliphatic hydroxyl groups excluding tert-OH is 1. The summed E-state index contributed by atoms with van der Waals surface area (Å²) in [6.07, 6.45) is 0.357. The van der Waals surface area contributed by atoms with Gasteiger partial charge in [-0.15, -0.1) is 0 Å². The number of aliphatic hydroxyl groups is 1. The first-order chi connectivity index (χ1) is 12.1.